The number of rotatable bonds is 8. The Morgan fingerprint density at radius 3 is 2.53 bits per heavy atom. The number of amides is 2. The number of nitrogens with one attached hydrogen (secondary N) is 1. The first-order valence-corrected chi connectivity index (χ1v) is 14.0. The van der Waals surface area contributed by atoms with Gasteiger partial charge in [-0.2, -0.15) is 0 Å². The number of sulfonamides is 1. The van der Waals surface area contributed by atoms with E-state index in [1.165, 1.54) is 17.0 Å². The molecule has 2 aromatic heterocycles. The summed E-state index contributed by atoms with van der Waals surface area (Å²) in [6.07, 6.45) is 2.36. The second-order valence-electron chi connectivity index (χ2n) is 9.74. The minimum atomic E-state index is -3.94. The number of anilines is 1. The van der Waals surface area contributed by atoms with Crippen molar-refractivity contribution in [2.75, 3.05) is 11.9 Å². The number of nitrogens with zero attached hydrogens (tertiary/aromatic N) is 4. The van der Waals surface area contributed by atoms with E-state index in [4.69, 9.17) is 16.3 Å². The molecule has 204 valence electrons. The van der Waals surface area contributed by atoms with Crippen molar-refractivity contribution >= 4 is 50.5 Å². The van der Waals surface area contributed by atoms with Gasteiger partial charge in [-0.25, -0.2) is 27.9 Å². The number of hydrogen-bond acceptors (Lipinski definition) is 7. The SMILES string of the molecule is CCC/C=C/S(=O)(=O)NC(=O)c1ccc2nc(C)n(Cc3ccc(N(C)C(=O)OC(C)(C)C)cc3Cl)c2n1. The smallest absolute Gasteiger partial charge is 0.414 e. The van der Waals surface area contributed by atoms with Gasteiger partial charge in [-0.15, -0.1) is 0 Å². The molecule has 0 fully saturated rings. The largest absolute Gasteiger partial charge is 0.443 e. The van der Waals surface area contributed by atoms with Gasteiger partial charge in [0.15, 0.2) is 5.65 Å². The highest BCUT2D eigenvalue weighted by Gasteiger charge is 2.22. The molecule has 0 aliphatic rings. The Hall–Kier alpha value is -3.44. The molecular weight excluding hydrogens is 530 g/mol. The van der Waals surface area contributed by atoms with Crippen LogP contribution in [0.15, 0.2) is 41.8 Å². The van der Waals surface area contributed by atoms with Gasteiger partial charge in [0.2, 0.25) is 0 Å². The van der Waals surface area contributed by atoms with Crippen molar-refractivity contribution in [1.82, 2.24) is 19.3 Å². The van der Waals surface area contributed by atoms with Crippen LogP contribution >= 0.6 is 11.6 Å². The zero-order valence-electron chi connectivity index (χ0n) is 22.3. The highest BCUT2D eigenvalue weighted by atomic mass is 35.5. The summed E-state index contributed by atoms with van der Waals surface area (Å²) >= 11 is 6.57. The van der Waals surface area contributed by atoms with Crippen LogP contribution in [0.3, 0.4) is 0 Å². The van der Waals surface area contributed by atoms with Crippen LogP contribution in [-0.2, 0) is 21.3 Å². The van der Waals surface area contributed by atoms with Gasteiger partial charge < -0.3 is 9.30 Å². The molecule has 0 unspecified atom stereocenters. The molecule has 0 spiro atoms. The molecule has 0 radical (unpaired) electrons. The summed E-state index contributed by atoms with van der Waals surface area (Å²) in [4.78, 5) is 35.3. The van der Waals surface area contributed by atoms with E-state index in [-0.39, 0.29) is 12.2 Å². The predicted molar refractivity (Wildman–Crippen MR) is 148 cm³/mol. The predicted octanol–water partition coefficient (Wildman–Crippen LogP) is 5.19. The standard InChI is InChI=1S/C26H32ClN5O5S/c1-7-8-9-14-38(35,36)30-24(33)22-13-12-21-23(29-22)32(17(2)28-21)16-18-10-11-19(15-20(18)27)31(6)25(34)37-26(3,4)5/h9-15H,7-8,16H2,1-6H3,(H,30,33)/b14-9+. The Kier molecular flexibility index (Phi) is 8.83. The zero-order valence-corrected chi connectivity index (χ0v) is 23.9. The van der Waals surface area contributed by atoms with Crippen molar-refractivity contribution in [1.29, 1.82) is 0 Å². The molecule has 2 amide bonds. The van der Waals surface area contributed by atoms with E-state index in [1.54, 1.807) is 63.6 Å². The lowest BCUT2D eigenvalue weighted by atomic mass is 10.2. The van der Waals surface area contributed by atoms with Crippen LogP contribution in [0, 0.1) is 6.92 Å². The molecule has 0 saturated heterocycles. The summed E-state index contributed by atoms with van der Waals surface area (Å²) < 4.78 is 33.6. The van der Waals surface area contributed by atoms with Gasteiger partial charge in [-0.3, -0.25) is 9.69 Å². The van der Waals surface area contributed by atoms with Crippen molar-refractivity contribution in [3.8, 4) is 0 Å². The van der Waals surface area contributed by atoms with Crippen molar-refractivity contribution < 1.29 is 22.7 Å². The van der Waals surface area contributed by atoms with Crippen molar-refractivity contribution in [3.05, 3.63) is 63.9 Å². The van der Waals surface area contributed by atoms with Gasteiger partial charge in [-0.05, 0) is 63.9 Å². The van der Waals surface area contributed by atoms with Crippen LogP contribution in [0.25, 0.3) is 11.2 Å². The van der Waals surface area contributed by atoms with Crippen LogP contribution in [0.2, 0.25) is 5.02 Å². The molecule has 12 heteroatoms. The minimum absolute atomic E-state index is 0.0634. The number of aryl methyl sites for hydroxylation is 1. The van der Waals surface area contributed by atoms with Gasteiger partial charge >= 0.3 is 6.09 Å². The van der Waals surface area contributed by atoms with Gasteiger partial charge in [0.25, 0.3) is 15.9 Å². The van der Waals surface area contributed by atoms with Crippen LogP contribution in [0.4, 0.5) is 10.5 Å². The monoisotopic (exact) mass is 561 g/mol. The first kappa shape index (κ1) is 29.1. The van der Waals surface area contributed by atoms with Gasteiger partial charge in [0.1, 0.15) is 22.6 Å². The molecule has 1 N–H and O–H groups in total. The molecule has 1 aromatic carbocycles. The number of unbranched alkanes of at least 4 members (excludes halogenated alkanes) is 1. The highest BCUT2D eigenvalue weighted by molar-refractivity contribution is 7.92. The third-order valence-electron chi connectivity index (χ3n) is 5.40. The molecule has 0 saturated carbocycles. The number of hydrogen-bond donors (Lipinski definition) is 1. The summed E-state index contributed by atoms with van der Waals surface area (Å²) in [6, 6.07) is 8.24. The molecule has 10 nitrogen and oxygen atoms in total. The molecule has 0 aliphatic carbocycles. The van der Waals surface area contributed by atoms with Crippen molar-refractivity contribution in [2.45, 2.75) is 59.6 Å². The van der Waals surface area contributed by atoms with E-state index in [0.717, 1.165) is 17.4 Å². The fourth-order valence-electron chi connectivity index (χ4n) is 3.49. The molecule has 38 heavy (non-hydrogen) atoms. The van der Waals surface area contributed by atoms with Gasteiger partial charge in [-0.1, -0.05) is 37.1 Å². The van der Waals surface area contributed by atoms with Crippen LogP contribution in [0.1, 0.15) is 62.4 Å². The third kappa shape index (κ3) is 7.32. The Morgan fingerprint density at radius 1 is 1.18 bits per heavy atom. The molecule has 0 aliphatic heterocycles. The Balaban J connectivity index is 1.86. The van der Waals surface area contributed by atoms with Crippen molar-refractivity contribution in [2.24, 2.45) is 0 Å². The van der Waals surface area contributed by atoms with Gasteiger partial charge in [0.05, 0.1) is 6.54 Å². The van der Waals surface area contributed by atoms with E-state index in [2.05, 4.69) is 9.97 Å². The van der Waals surface area contributed by atoms with Gasteiger partial charge in [0, 0.05) is 23.2 Å². The van der Waals surface area contributed by atoms with E-state index in [9.17, 15) is 18.0 Å². The van der Waals surface area contributed by atoms with Crippen LogP contribution < -0.4 is 9.62 Å². The number of halogens is 1. The van der Waals surface area contributed by atoms with Crippen LogP contribution in [0.5, 0.6) is 0 Å². The summed E-state index contributed by atoms with van der Waals surface area (Å²) in [6.45, 7) is 9.37. The third-order valence-corrected chi connectivity index (χ3v) is 6.77. The molecule has 0 atom stereocenters. The fraction of sp³-hybridized carbons (Fsp3) is 0.385. The second kappa shape index (κ2) is 11.5. The fourth-order valence-corrected chi connectivity index (χ4v) is 4.54. The van der Waals surface area contributed by atoms with E-state index in [1.807, 2.05) is 11.6 Å². The molecule has 2 heterocycles. The summed E-state index contributed by atoms with van der Waals surface area (Å²) in [5, 5.41) is 1.39. The molecule has 3 rings (SSSR count). The number of carbonyl (C=O) groups excluding carboxylic acids is 2. The lowest BCUT2D eigenvalue weighted by molar-refractivity contribution is 0.0589. The lowest BCUT2D eigenvalue weighted by Crippen LogP contribution is -2.34. The molecule has 0 bridgehead atoms. The lowest BCUT2D eigenvalue weighted by Gasteiger charge is -2.25. The number of carbonyl (C=O) groups is 2. The maximum atomic E-state index is 12.6. The second-order valence-corrected chi connectivity index (χ2v) is 11.7. The zero-order chi connectivity index (χ0) is 28.3. The maximum Gasteiger partial charge on any atom is 0.414 e. The first-order valence-electron chi connectivity index (χ1n) is 12.0. The maximum absolute atomic E-state index is 12.6. The number of imidazole rings is 1. The topological polar surface area (TPSA) is 123 Å². The Morgan fingerprint density at radius 2 is 1.89 bits per heavy atom. The number of fused-ring (bicyclic) bond motifs is 1. The molecular formula is C26H32ClN5O5S. The number of pyridine rings is 1. The van der Waals surface area contributed by atoms with E-state index >= 15 is 0 Å². The quantitative estimate of drug-likeness (QED) is 0.401. The molecule has 3 aromatic rings. The number of aromatic nitrogens is 3. The highest BCUT2D eigenvalue weighted by Crippen LogP contribution is 2.26. The summed E-state index contributed by atoms with van der Waals surface area (Å²) in [5.41, 5.74) is 1.55. The Labute approximate surface area is 227 Å². The average Bonchev–Trinajstić information content (AvgIpc) is 3.12. The van der Waals surface area contributed by atoms with Crippen molar-refractivity contribution in [3.63, 3.8) is 0 Å². The first-order chi connectivity index (χ1) is 17.7. The number of benzene rings is 1. The van der Waals surface area contributed by atoms with E-state index in [0.29, 0.717) is 34.1 Å². The number of ether oxygens (including phenoxy) is 1. The normalized spacial score (nSPS) is 12.2. The minimum Gasteiger partial charge on any atom is -0.443 e. The summed E-state index contributed by atoms with van der Waals surface area (Å²) in [5.74, 6) is -0.211. The summed E-state index contributed by atoms with van der Waals surface area (Å²) in [7, 11) is -2.34. The number of allylic oxidation sites excluding steroid dienone is 1. The van der Waals surface area contributed by atoms with Crippen LogP contribution in [-0.4, -0.2) is 47.6 Å². The average molecular weight is 562 g/mol. The Bertz CT molecular complexity index is 1490. The van der Waals surface area contributed by atoms with E-state index < -0.39 is 27.6 Å².